The Morgan fingerprint density at radius 2 is 1.18 bits per heavy atom. The van der Waals surface area contributed by atoms with Crippen molar-refractivity contribution in [3.05, 3.63) is 84.9 Å². The number of rotatable bonds is 1. The third kappa shape index (κ3) is 1.52. The predicted octanol–water partition coefficient (Wildman–Crippen LogP) is 6.05. The first-order valence-corrected chi connectivity index (χ1v) is 7.55. The zero-order valence-corrected chi connectivity index (χ0v) is 12.0. The lowest BCUT2D eigenvalue weighted by molar-refractivity contribution is 1.65. The highest BCUT2D eigenvalue weighted by Gasteiger charge is 2.11. The van der Waals surface area contributed by atoms with Crippen molar-refractivity contribution >= 4 is 32.3 Å². The minimum absolute atomic E-state index is 1.25. The van der Waals surface area contributed by atoms with Crippen LogP contribution in [0.3, 0.4) is 0 Å². The average molecular weight is 277 g/mol. The number of benzene rings is 5. The first-order chi connectivity index (χ1) is 10.9. The van der Waals surface area contributed by atoms with Gasteiger partial charge in [-0.25, -0.2) is 0 Å². The van der Waals surface area contributed by atoms with Crippen LogP contribution in [0.1, 0.15) is 0 Å². The van der Waals surface area contributed by atoms with Crippen molar-refractivity contribution in [2.24, 2.45) is 0 Å². The van der Waals surface area contributed by atoms with Crippen molar-refractivity contribution in [1.29, 1.82) is 0 Å². The summed E-state index contributed by atoms with van der Waals surface area (Å²) in [4.78, 5) is 0. The summed E-state index contributed by atoms with van der Waals surface area (Å²) in [6.07, 6.45) is 0. The van der Waals surface area contributed by atoms with E-state index in [0.29, 0.717) is 0 Å². The number of hydrogen-bond acceptors (Lipinski definition) is 0. The van der Waals surface area contributed by atoms with Crippen molar-refractivity contribution < 1.29 is 0 Å². The molecule has 0 unspecified atom stereocenters. The van der Waals surface area contributed by atoms with Gasteiger partial charge in [-0.15, -0.1) is 0 Å². The largest absolute Gasteiger partial charge is 0.0610 e. The molecule has 0 aliphatic carbocycles. The van der Waals surface area contributed by atoms with E-state index in [1.54, 1.807) is 0 Å². The van der Waals surface area contributed by atoms with Crippen LogP contribution < -0.4 is 0 Å². The quantitative estimate of drug-likeness (QED) is 0.327. The van der Waals surface area contributed by atoms with Crippen molar-refractivity contribution in [3.8, 4) is 11.1 Å². The Hall–Kier alpha value is -2.86. The van der Waals surface area contributed by atoms with E-state index in [4.69, 9.17) is 0 Å². The van der Waals surface area contributed by atoms with E-state index in [-0.39, 0.29) is 0 Å². The van der Waals surface area contributed by atoms with Crippen molar-refractivity contribution in [3.63, 3.8) is 0 Å². The summed E-state index contributed by atoms with van der Waals surface area (Å²) in [5.74, 6) is 0. The van der Waals surface area contributed by atoms with Crippen LogP contribution in [0.2, 0.25) is 0 Å². The van der Waals surface area contributed by atoms with Gasteiger partial charge in [0.15, 0.2) is 0 Å². The Kier molecular flexibility index (Phi) is 2.31. The van der Waals surface area contributed by atoms with Gasteiger partial charge in [0.25, 0.3) is 0 Å². The first kappa shape index (κ1) is 11.8. The van der Waals surface area contributed by atoms with Crippen LogP contribution in [0.4, 0.5) is 0 Å². The van der Waals surface area contributed by atoms with Gasteiger partial charge >= 0.3 is 0 Å². The molecule has 5 aromatic rings. The second kappa shape index (κ2) is 4.32. The minimum Gasteiger partial charge on any atom is -0.0610 e. The molecule has 1 radical (unpaired) electrons. The van der Waals surface area contributed by atoms with E-state index in [9.17, 15) is 0 Å². The molecule has 0 bridgehead atoms. The lowest BCUT2D eigenvalue weighted by atomic mass is 9.90. The third-order valence-corrected chi connectivity index (χ3v) is 4.56. The molecule has 0 N–H and O–H groups in total. The van der Waals surface area contributed by atoms with E-state index in [1.165, 1.54) is 43.4 Å². The predicted molar refractivity (Wildman–Crippen MR) is 94.4 cm³/mol. The molecule has 0 heteroatoms. The normalized spacial score (nSPS) is 11.6. The number of hydrogen-bond donors (Lipinski definition) is 0. The smallest absolute Gasteiger partial charge is 0.00206 e. The Bertz CT molecular complexity index is 1090. The highest BCUT2D eigenvalue weighted by molar-refractivity contribution is 6.25. The molecule has 5 rings (SSSR count). The lowest BCUT2D eigenvalue weighted by Crippen LogP contribution is -1.86. The maximum atomic E-state index is 3.10. The van der Waals surface area contributed by atoms with Crippen molar-refractivity contribution in [1.82, 2.24) is 0 Å². The van der Waals surface area contributed by atoms with Crippen LogP contribution in [-0.4, -0.2) is 0 Å². The zero-order valence-electron chi connectivity index (χ0n) is 12.0. The SMILES string of the molecule is [c]1ccc(-c2ccc3ccc4cccc5ccc2c3c45)cc1. The zero-order chi connectivity index (χ0) is 14.5. The molecular formula is C22H13. The van der Waals surface area contributed by atoms with Gasteiger partial charge in [0, 0.05) is 0 Å². The summed E-state index contributed by atoms with van der Waals surface area (Å²) in [5, 5.41) is 8.02. The summed E-state index contributed by atoms with van der Waals surface area (Å²) in [6, 6.07) is 31.3. The van der Waals surface area contributed by atoms with Crippen LogP contribution in [0.15, 0.2) is 78.9 Å². The average Bonchev–Trinajstić information content (AvgIpc) is 2.60. The van der Waals surface area contributed by atoms with E-state index in [1.807, 2.05) is 12.1 Å². The maximum absolute atomic E-state index is 3.10. The Morgan fingerprint density at radius 3 is 1.95 bits per heavy atom. The fourth-order valence-corrected chi connectivity index (χ4v) is 3.55. The topological polar surface area (TPSA) is 0 Å². The van der Waals surface area contributed by atoms with Crippen LogP contribution in [-0.2, 0) is 0 Å². The van der Waals surface area contributed by atoms with Crippen LogP contribution >= 0.6 is 0 Å². The maximum Gasteiger partial charge on any atom is -0.00206 e. The molecule has 0 saturated heterocycles. The Balaban J connectivity index is 2.02. The fraction of sp³-hybridized carbons (Fsp3) is 0. The van der Waals surface area contributed by atoms with Gasteiger partial charge < -0.3 is 0 Å². The molecule has 0 fully saturated rings. The minimum atomic E-state index is 1.25. The molecule has 0 amide bonds. The van der Waals surface area contributed by atoms with E-state index < -0.39 is 0 Å². The van der Waals surface area contributed by atoms with E-state index >= 15 is 0 Å². The molecular weight excluding hydrogens is 264 g/mol. The standard InChI is InChI=1S/C22H13/c1-2-5-15(6-3-1)19-13-11-18-10-9-16-7-4-8-17-12-14-20(19)22(18)21(16)17/h2-14H. The molecule has 0 aromatic heterocycles. The molecule has 0 aliphatic rings. The second-order valence-electron chi connectivity index (χ2n) is 5.76. The monoisotopic (exact) mass is 277 g/mol. The highest BCUT2D eigenvalue weighted by Crippen LogP contribution is 2.38. The summed E-state index contributed by atoms with van der Waals surface area (Å²) in [6.45, 7) is 0. The molecule has 5 aromatic carbocycles. The van der Waals surface area contributed by atoms with Crippen LogP contribution in [0.25, 0.3) is 43.4 Å². The third-order valence-electron chi connectivity index (χ3n) is 4.56. The van der Waals surface area contributed by atoms with Gasteiger partial charge in [-0.05, 0) is 49.5 Å². The fourth-order valence-electron chi connectivity index (χ4n) is 3.55. The summed E-state index contributed by atoms with van der Waals surface area (Å²) in [7, 11) is 0. The van der Waals surface area contributed by atoms with Gasteiger partial charge in [-0.1, -0.05) is 78.9 Å². The summed E-state index contributed by atoms with van der Waals surface area (Å²) in [5.41, 5.74) is 2.54. The van der Waals surface area contributed by atoms with Gasteiger partial charge in [-0.3, -0.25) is 0 Å². The Morgan fingerprint density at radius 1 is 0.545 bits per heavy atom. The molecule has 0 spiro atoms. The van der Waals surface area contributed by atoms with E-state index in [0.717, 1.165) is 0 Å². The highest BCUT2D eigenvalue weighted by atomic mass is 14.1. The van der Waals surface area contributed by atoms with Gasteiger partial charge in [0.2, 0.25) is 0 Å². The summed E-state index contributed by atoms with van der Waals surface area (Å²) >= 11 is 0. The molecule has 0 heterocycles. The second-order valence-corrected chi connectivity index (χ2v) is 5.76. The first-order valence-electron chi connectivity index (χ1n) is 7.55. The molecule has 0 aliphatic heterocycles. The van der Waals surface area contributed by atoms with E-state index in [2.05, 4.69) is 72.8 Å². The molecule has 22 heavy (non-hydrogen) atoms. The van der Waals surface area contributed by atoms with Crippen molar-refractivity contribution in [2.75, 3.05) is 0 Å². The van der Waals surface area contributed by atoms with Gasteiger partial charge in [0.05, 0.1) is 0 Å². The van der Waals surface area contributed by atoms with Gasteiger partial charge in [-0.2, -0.15) is 0 Å². The van der Waals surface area contributed by atoms with Crippen LogP contribution in [0, 0.1) is 6.07 Å². The lowest BCUT2D eigenvalue weighted by Gasteiger charge is -2.14. The van der Waals surface area contributed by atoms with Crippen LogP contribution in [0.5, 0.6) is 0 Å². The molecule has 0 nitrogen and oxygen atoms in total. The Labute approximate surface area is 129 Å². The molecule has 0 atom stereocenters. The molecule has 101 valence electrons. The van der Waals surface area contributed by atoms with Gasteiger partial charge in [0.1, 0.15) is 0 Å². The molecule has 0 saturated carbocycles. The summed E-state index contributed by atoms with van der Waals surface area (Å²) < 4.78 is 0. The van der Waals surface area contributed by atoms with Crippen molar-refractivity contribution in [2.45, 2.75) is 0 Å².